The fraction of sp³-hybridized carbons (Fsp3) is 0.200. The Bertz CT molecular complexity index is 1920. The van der Waals surface area contributed by atoms with Crippen molar-refractivity contribution in [1.29, 1.82) is 0 Å². The van der Waals surface area contributed by atoms with Crippen molar-refractivity contribution in [1.82, 2.24) is 35.1 Å². The average molecular weight is 700 g/mol. The van der Waals surface area contributed by atoms with Gasteiger partial charge in [-0.2, -0.15) is 4.80 Å². The molecule has 1 atom stereocenters. The van der Waals surface area contributed by atoms with Crippen LogP contribution in [0.5, 0.6) is 0 Å². The molecule has 236 valence electrons. The van der Waals surface area contributed by atoms with Gasteiger partial charge in [0.25, 0.3) is 5.56 Å². The molecule has 0 saturated heterocycles. The minimum atomic E-state index is -3.92. The highest BCUT2D eigenvalue weighted by atomic mass is 35.5. The molecule has 2 heterocycles. The fourth-order valence-corrected chi connectivity index (χ4v) is 5.69. The lowest BCUT2D eigenvalue weighted by Crippen LogP contribution is -2.46. The van der Waals surface area contributed by atoms with E-state index in [1.165, 1.54) is 12.1 Å². The van der Waals surface area contributed by atoms with Crippen LogP contribution in [0.2, 0.25) is 10.0 Å². The average Bonchev–Trinajstić information content (AvgIpc) is 3.39. The normalized spacial score (nSPS) is 12.0. The van der Waals surface area contributed by atoms with E-state index in [9.17, 15) is 37.1 Å². The standard InChI is InChI=1S/C25H21Cl2FN8O7S2/c1-45(42,43)33-18-10-29-23(13-5-7-14(28)8-6-13)35(24(18)41)12-20(38)30-17(9-21(39)40)19(37)11-36-32-25(31-34-36)44-22-15(26)3-2-4-16(22)27/h2-8,10,17,33H,9,11-12H2,1H3,(H,30,38)(H,39,40). The minimum Gasteiger partial charge on any atom is -0.481 e. The van der Waals surface area contributed by atoms with Gasteiger partial charge in [-0.1, -0.05) is 29.3 Å². The van der Waals surface area contributed by atoms with Gasteiger partial charge in [0, 0.05) is 5.56 Å². The molecular weight excluding hydrogens is 678 g/mol. The van der Waals surface area contributed by atoms with Crippen LogP contribution in [0.3, 0.4) is 0 Å². The lowest BCUT2D eigenvalue weighted by atomic mass is 10.1. The first-order chi connectivity index (χ1) is 21.2. The van der Waals surface area contributed by atoms with Gasteiger partial charge in [0.2, 0.25) is 21.1 Å². The number of carboxylic acid groups (broad SMARTS) is 1. The van der Waals surface area contributed by atoms with E-state index in [2.05, 4.69) is 25.7 Å². The van der Waals surface area contributed by atoms with E-state index in [4.69, 9.17) is 23.2 Å². The molecule has 20 heteroatoms. The highest BCUT2D eigenvalue weighted by Gasteiger charge is 2.26. The Kier molecular flexibility index (Phi) is 10.5. The number of hydrogen-bond donors (Lipinski definition) is 3. The van der Waals surface area contributed by atoms with Crippen LogP contribution in [-0.2, 0) is 37.5 Å². The summed E-state index contributed by atoms with van der Waals surface area (Å²) in [6, 6.07) is 8.00. The summed E-state index contributed by atoms with van der Waals surface area (Å²) in [5.41, 5.74) is -1.27. The summed E-state index contributed by atoms with van der Waals surface area (Å²) >= 11 is 13.3. The summed E-state index contributed by atoms with van der Waals surface area (Å²) < 4.78 is 39.8. The number of rotatable bonds is 13. The van der Waals surface area contributed by atoms with Gasteiger partial charge < -0.3 is 10.4 Å². The molecule has 0 saturated carbocycles. The predicted octanol–water partition coefficient (Wildman–Crippen LogP) is 2.09. The zero-order chi connectivity index (χ0) is 32.9. The number of carbonyl (C=O) groups excluding carboxylic acids is 2. The Hall–Kier alpha value is -4.39. The number of Topliss-reactive ketones (excluding diaryl/α,β-unsaturated/α-hetero) is 1. The lowest BCUT2D eigenvalue weighted by molar-refractivity contribution is -0.140. The van der Waals surface area contributed by atoms with Gasteiger partial charge in [-0.05, 0) is 53.4 Å². The van der Waals surface area contributed by atoms with Crippen molar-refractivity contribution in [3.63, 3.8) is 0 Å². The smallest absolute Gasteiger partial charge is 0.305 e. The predicted molar refractivity (Wildman–Crippen MR) is 160 cm³/mol. The van der Waals surface area contributed by atoms with Crippen molar-refractivity contribution in [2.45, 2.75) is 35.6 Å². The fourth-order valence-electron chi connectivity index (χ4n) is 3.80. The molecule has 0 bridgehead atoms. The number of carboxylic acids is 1. The Morgan fingerprint density at radius 3 is 2.38 bits per heavy atom. The summed E-state index contributed by atoms with van der Waals surface area (Å²) in [5, 5.41) is 24.1. The van der Waals surface area contributed by atoms with Crippen molar-refractivity contribution in [2.75, 3.05) is 11.0 Å². The molecule has 0 radical (unpaired) electrons. The van der Waals surface area contributed by atoms with Crippen LogP contribution < -0.4 is 15.6 Å². The third-order valence-corrected chi connectivity index (χ3v) is 8.13. The number of nitrogens with zero attached hydrogens (tertiary/aromatic N) is 6. The van der Waals surface area contributed by atoms with Crippen molar-refractivity contribution >= 4 is 68.3 Å². The lowest BCUT2D eigenvalue weighted by Gasteiger charge is -2.18. The third kappa shape index (κ3) is 9.07. The minimum absolute atomic E-state index is 0.0828. The van der Waals surface area contributed by atoms with Crippen molar-refractivity contribution < 1.29 is 32.3 Å². The molecule has 45 heavy (non-hydrogen) atoms. The summed E-state index contributed by atoms with van der Waals surface area (Å²) in [6.45, 7) is -1.40. The maximum Gasteiger partial charge on any atom is 0.305 e. The highest BCUT2D eigenvalue weighted by Crippen LogP contribution is 2.36. The first-order valence-corrected chi connectivity index (χ1v) is 15.9. The van der Waals surface area contributed by atoms with Gasteiger partial charge in [-0.15, -0.1) is 10.2 Å². The van der Waals surface area contributed by atoms with Crippen LogP contribution in [0, 0.1) is 5.82 Å². The molecule has 2 aromatic carbocycles. The van der Waals surface area contributed by atoms with Gasteiger partial charge in [-0.25, -0.2) is 17.8 Å². The summed E-state index contributed by atoms with van der Waals surface area (Å²) in [6.07, 6.45) is 0.908. The number of carbonyl (C=O) groups is 3. The molecular formula is C25H21Cl2FN8O7S2. The van der Waals surface area contributed by atoms with E-state index in [1.54, 1.807) is 18.2 Å². The molecule has 0 aliphatic carbocycles. The number of aliphatic carboxylic acids is 1. The van der Waals surface area contributed by atoms with Crippen LogP contribution in [0.15, 0.2) is 63.5 Å². The SMILES string of the molecule is CS(=O)(=O)Nc1cnc(-c2ccc(F)cc2)n(CC(=O)NC(CC(=O)O)C(=O)Cn2nnc(Sc3c(Cl)cccc3Cl)n2)c1=O. The molecule has 0 aliphatic heterocycles. The summed E-state index contributed by atoms with van der Waals surface area (Å²) in [7, 11) is -3.92. The number of amides is 1. The molecule has 2 aromatic heterocycles. The number of benzene rings is 2. The number of hydrogen-bond acceptors (Lipinski definition) is 11. The highest BCUT2D eigenvalue weighted by molar-refractivity contribution is 7.99. The molecule has 0 fully saturated rings. The third-order valence-electron chi connectivity index (χ3n) is 5.69. The first-order valence-electron chi connectivity index (χ1n) is 12.5. The molecule has 0 aliphatic rings. The summed E-state index contributed by atoms with van der Waals surface area (Å²) in [4.78, 5) is 56.3. The number of ketones is 1. The molecule has 3 N–H and O–H groups in total. The molecule has 1 unspecified atom stereocenters. The second-order valence-corrected chi connectivity index (χ2v) is 12.7. The van der Waals surface area contributed by atoms with Gasteiger partial charge in [-0.3, -0.25) is 28.5 Å². The van der Waals surface area contributed by atoms with Crippen LogP contribution >= 0.6 is 35.0 Å². The topological polar surface area (TPSA) is 208 Å². The first kappa shape index (κ1) is 33.5. The quantitative estimate of drug-likeness (QED) is 0.183. The van der Waals surface area contributed by atoms with E-state index in [0.29, 0.717) is 14.9 Å². The van der Waals surface area contributed by atoms with Crippen molar-refractivity contribution in [2.24, 2.45) is 0 Å². The molecule has 15 nitrogen and oxygen atoms in total. The number of tetrazole rings is 1. The Morgan fingerprint density at radius 1 is 1.09 bits per heavy atom. The number of anilines is 1. The Balaban J connectivity index is 1.55. The second kappa shape index (κ2) is 14.1. The van der Waals surface area contributed by atoms with Gasteiger partial charge in [0.1, 0.15) is 36.5 Å². The second-order valence-electron chi connectivity index (χ2n) is 9.21. The zero-order valence-electron chi connectivity index (χ0n) is 22.8. The number of aromatic nitrogens is 6. The Morgan fingerprint density at radius 2 is 1.76 bits per heavy atom. The van der Waals surface area contributed by atoms with Crippen molar-refractivity contribution in [3.8, 4) is 11.4 Å². The zero-order valence-corrected chi connectivity index (χ0v) is 26.0. The van der Waals surface area contributed by atoms with E-state index >= 15 is 0 Å². The monoisotopic (exact) mass is 698 g/mol. The summed E-state index contributed by atoms with van der Waals surface area (Å²) in [5.74, 6) is -3.95. The maximum atomic E-state index is 13.5. The number of sulfonamides is 1. The largest absolute Gasteiger partial charge is 0.481 e. The molecule has 4 rings (SSSR count). The maximum absolute atomic E-state index is 13.5. The number of halogens is 3. The van der Waals surface area contributed by atoms with Crippen LogP contribution in [-0.4, -0.2) is 73.2 Å². The van der Waals surface area contributed by atoms with Gasteiger partial charge in [0.05, 0.1) is 33.8 Å². The van der Waals surface area contributed by atoms with Crippen LogP contribution in [0.25, 0.3) is 11.4 Å². The van der Waals surface area contributed by atoms with E-state index < -0.39 is 70.3 Å². The van der Waals surface area contributed by atoms with E-state index in [-0.39, 0.29) is 16.5 Å². The van der Waals surface area contributed by atoms with Crippen LogP contribution in [0.4, 0.5) is 10.1 Å². The van der Waals surface area contributed by atoms with Crippen LogP contribution in [0.1, 0.15) is 6.42 Å². The van der Waals surface area contributed by atoms with Crippen molar-refractivity contribution in [3.05, 3.63) is 74.9 Å². The molecule has 4 aromatic rings. The molecule has 1 amide bonds. The van der Waals surface area contributed by atoms with E-state index in [0.717, 1.165) is 45.7 Å². The number of nitrogens with one attached hydrogen (secondary N) is 2. The Labute approximate surface area is 267 Å². The van der Waals surface area contributed by atoms with Gasteiger partial charge in [0.15, 0.2) is 5.78 Å². The van der Waals surface area contributed by atoms with Gasteiger partial charge >= 0.3 is 5.97 Å². The van der Waals surface area contributed by atoms with E-state index in [1.807, 2.05) is 4.72 Å². The molecule has 0 spiro atoms.